The third-order valence-electron chi connectivity index (χ3n) is 5.92. The van der Waals surface area contributed by atoms with Crippen LogP contribution >= 0.6 is 0 Å². The Hall–Kier alpha value is -4.01. The summed E-state index contributed by atoms with van der Waals surface area (Å²) in [7, 11) is 0. The van der Waals surface area contributed by atoms with Gasteiger partial charge in [-0.15, -0.1) is 0 Å². The van der Waals surface area contributed by atoms with Crippen LogP contribution in [0.25, 0.3) is 11.5 Å². The molecule has 1 amide bonds. The van der Waals surface area contributed by atoms with E-state index in [0.29, 0.717) is 29.2 Å². The Morgan fingerprint density at radius 1 is 1.03 bits per heavy atom. The van der Waals surface area contributed by atoms with Crippen molar-refractivity contribution in [2.24, 2.45) is 5.92 Å². The van der Waals surface area contributed by atoms with E-state index in [1.54, 1.807) is 24.3 Å². The van der Waals surface area contributed by atoms with Gasteiger partial charge in [0.25, 0.3) is 17.6 Å². The molecule has 4 rings (SSSR count). The number of carbonyl (C=O) groups is 1. The van der Waals surface area contributed by atoms with E-state index >= 15 is 0 Å². The lowest BCUT2D eigenvalue weighted by Crippen LogP contribution is -2.35. The van der Waals surface area contributed by atoms with Gasteiger partial charge in [-0.3, -0.25) is 9.69 Å². The smallest absolute Gasteiger partial charge is 0.292 e. The van der Waals surface area contributed by atoms with Gasteiger partial charge < -0.3 is 9.84 Å². The van der Waals surface area contributed by atoms with Gasteiger partial charge in [0.2, 0.25) is 0 Å². The van der Waals surface area contributed by atoms with Crippen LogP contribution in [0.3, 0.4) is 0 Å². The minimum absolute atomic E-state index is 0.00611. The van der Waals surface area contributed by atoms with Gasteiger partial charge in [-0.05, 0) is 80.2 Å². The van der Waals surface area contributed by atoms with Crippen molar-refractivity contribution in [2.75, 3.05) is 19.6 Å². The molecule has 1 aliphatic heterocycles. The first-order valence-corrected chi connectivity index (χ1v) is 11.0. The van der Waals surface area contributed by atoms with Crippen LogP contribution in [-0.2, 0) is 6.54 Å². The molecule has 0 aliphatic carbocycles. The fourth-order valence-corrected chi connectivity index (χ4v) is 3.97. The number of aromatic nitrogens is 2. The topological polar surface area (TPSA) is 119 Å². The van der Waals surface area contributed by atoms with E-state index in [2.05, 4.69) is 32.5 Å². The van der Waals surface area contributed by atoms with Crippen molar-refractivity contribution in [3.8, 4) is 23.6 Å². The number of rotatable bonds is 7. The molecular weight excluding hydrogens is 416 g/mol. The second-order valence-electron chi connectivity index (χ2n) is 8.19. The van der Waals surface area contributed by atoms with E-state index < -0.39 is 0 Å². The summed E-state index contributed by atoms with van der Waals surface area (Å²) in [6, 6.07) is 18.7. The second kappa shape index (κ2) is 10.5. The van der Waals surface area contributed by atoms with Gasteiger partial charge in [-0.25, -0.2) is 0 Å². The molecule has 2 aromatic carbocycles. The van der Waals surface area contributed by atoms with Crippen molar-refractivity contribution in [3.05, 3.63) is 71.0 Å². The lowest BCUT2D eigenvalue weighted by molar-refractivity contribution is 0.0934. The molecular formula is C25H24N6O2. The summed E-state index contributed by atoms with van der Waals surface area (Å²) in [6.07, 6.45) is 3.10. The standard InChI is InChI=1S/C25H24N6O2/c26-15-19-1-3-21(4-2-19)17-31-13-10-18(11-14-31)9-12-28-24(32)23-29-25(33-30-23)22-7-5-20(16-27)6-8-22/h1-8,18H,9-14,17H2,(H,28,32). The number of nitrogens with zero attached hydrogens (tertiary/aromatic N) is 5. The van der Waals surface area contributed by atoms with Gasteiger partial charge in [0.1, 0.15) is 0 Å². The molecule has 8 nitrogen and oxygen atoms in total. The number of hydrogen-bond acceptors (Lipinski definition) is 7. The minimum atomic E-state index is -0.350. The highest BCUT2D eigenvalue weighted by Crippen LogP contribution is 2.22. The van der Waals surface area contributed by atoms with Crippen molar-refractivity contribution in [2.45, 2.75) is 25.8 Å². The molecule has 0 radical (unpaired) electrons. The monoisotopic (exact) mass is 440 g/mol. The Labute approximate surface area is 192 Å². The number of amides is 1. The number of benzene rings is 2. The molecule has 0 atom stereocenters. The van der Waals surface area contributed by atoms with E-state index in [4.69, 9.17) is 15.0 Å². The molecule has 2 heterocycles. The minimum Gasteiger partial charge on any atom is -0.349 e. The lowest BCUT2D eigenvalue weighted by atomic mass is 9.93. The third-order valence-corrected chi connectivity index (χ3v) is 5.92. The SMILES string of the molecule is N#Cc1ccc(CN2CCC(CCNC(=O)c3noc(-c4ccc(C#N)cc4)n3)CC2)cc1. The predicted octanol–water partition coefficient (Wildman–Crippen LogP) is 3.51. The number of nitrogens with one attached hydrogen (secondary N) is 1. The molecule has 1 N–H and O–H groups in total. The molecule has 8 heteroatoms. The average molecular weight is 441 g/mol. The molecule has 0 spiro atoms. The van der Waals surface area contributed by atoms with Crippen LogP contribution in [-0.4, -0.2) is 40.6 Å². The summed E-state index contributed by atoms with van der Waals surface area (Å²) < 4.78 is 5.19. The summed E-state index contributed by atoms with van der Waals surface area (Å²) in [5.74, 6) is 0.477. The first-order valence-electron chi connectivity index (χ1n) is 11.0. The quantitative estimate of drug-likeness (QED) is 0.597. The summed E-state index contributed by atoms with van der Waals surface area (Å²) in [6.45, 7) is 3.52. The number of carbonyl (C=O) groups excluding carboxylic acids is 1. The van der Waals surface area contributed by atoms with Gasteiger partial charge in [-0.2, -0.15) is 15.5 Å². The van der Waals surface area contributed by atoms with Crippen LogP contribution in [0.2, 0.25) is 0 Å². The zero-order valence-corrected chi connectivity index (χ0v) is 18.2. The zero-order valence-electron chi connectivity index (χ0n) is 18.2. The molecule has 1 fully saturated rings. The maximum Gasteiger partial charge on any atom is 0.292 e. The van der Waals surface area contributed by atoms with E-state index in [1.807, 2.05) is 24.3 Å². The maximum atomic E-state index is 12.4. The molecule has 0 saturated carbocycles. The lowest BCUT2D eigenvalue weighted by Gasteiger charge is -2.32. The Kier molecular flexibility index (Phi) is 7.09. The molecule has 3 aromatic rings. The zero-order chi connectivity index (χ0) is 23.0. The van der Waals surface area contributed by atoms with Crippen LogP contribution in [0.4, 0.5) is 0 Å². The Balaban J connectivity index is 1.18. The molecule has 1 saturated heterocycles. The van der Waals surface area contributed by atoms with Crippen LogP contribution in [0.5, 0.6) is 0 Å². The van der Waals surface area contributed by atoms with Crippen molar-refractivity contribution in [1.29, 1.82) is 10.5 Å². The predicted molar refractivity (Wildman–Crippen MR) is 121 cm³/mol. The number of nitriles is 2. The van der Waals surface area contributed by atoms with E-state index in [-0.39, 0.29) is 17.6 Å². The average Bonchev–Trinajstić information content (AvgIpc) is 3.36. The molecule has 33 heavy (non-hydrogen) atoms. The fourth-order valence-electron chi connectivity index (χ4n) is 3.97. The van der Waals surface area contributed by atoms with E-state index in [9.17, 15) is 4.79 Å². The normalized spacial score (nSPS) is 14.4. The summed E-state index contributed by atoms with van der Waals surface area (Å²) in [5.41, 5.74) is 3.11. The molecule has 0 bridgehead atoms. The molecule has 1 aliphatic rings. The van der Waals surface area contributed by atoms with E-state index in [0.717, 1.165) is 38.9 Å². The largest absolute Gasteiger partial charge is 0.349 e. The van der Waals surface area contributed by atoms with Crippen LogP contribution in [0.1, 0.15) is 46.6 Å². The Morgan fingerprint density at radius 2 is 1.67 bits per heavy atom. The second-order valence-corrected chi connectivity index (χ2v) is 8.19. The molecule has 0 unspecified atom stereocenters. The summed E-state index contributed by atoms with van der Waals surface area (Å²) >= 11 is 0. The van der Waals surface area contributed by atoms with Gasteiger partial charge >= 0.3 is 0 Å². The summed E-state index contributed by atoms with van der Waals surface area (Å²) in [4.78, 5) is 19.0. The van der Waals surface area contributed by atoms with Gasteiger partial charge in [0.15, 0.2) is 0 Å². The van der Waals surface area contributed by atoms with Crippen molar-refractivity contribution >= 4 is 5.91 Å². The van der Waals surface area contributed by atoms with Crippen LogP contribution in [0, 0.1) is 28.6 Å². The Morgan fingerprint density at radius 3 is 2.30 bits per heavy atom. The highest BCUT2D eigenvalue weighted by Gasteiger charge is 2.20. The van der Waals surface area contributed by atoms with Crippen molar-refractivity contribution in [3.63, 3.8) is 0 Å². The van der Waals surface area contributed by atoms with Gasteiger partial charge in [0, 0.05) is 18.7 Å². The maximum absolute atomic E-state index is 12.4. The Bertz CT molecular complexity index is 1160. The third kappa shape index (κ3) is 5.82. The first kappa shape index (κ1) is 22.2. The van der Waals surface area contributed by atoms with Gasteiger partial charge in [-0.1, -0.05) is 17.3 Å². The summed E-state index contributed by atoms with van der Waals surface area (Å²) in [5, 5.41) is 24.4. The highest BCUT2D eigenvalue weighted by atomic mass is 16.5. The molecule has 1 aromatic heterocycles. The number of piperidine rings is 1. The van der Waals surface area contributed by atoms with Crippen molar-refractivity contribution < 1.29 is 9.32 Å². The number of hydrogen-bond donors (Lipinski definition) is 1. The molecule has 166 valence electrons. The van der Waals surface area contributed by atoms with Crippen LogP contribution in [0.15, 0.2) is 53.1 Å². The highest BCUT2D eigenvalue weighted by molar-refractivity contribution is 5.90. The fraction of sp³-hybridized carbons (Fsp3) is 0.320. The first-order chi connectivity index (χ1) is 16.1. The van der Waals surface area contributed by atoms with Crippen molar-refractivity contribution in [1.82, 2.24) is 20.4 Å². The van der Waals surface area contributed by atoms with Gasteiger partial charge in [0.05, 0.1) is 23.3 Å². The van der Waals surface area contributed by atoms with E-state index in [1.165, 1.54) is 5.56 Å². The number of likely N-dealkylation sites (tertiary alicyclic amines) is 1. The van der Waals surface area contributed by atoms with Crippen LogP contribution < -0.4 is 5.32 Å².